The maximum Gasteiger partial charge on any atom is 0.146 e. The van der Waals surface area contributed by atoms with Crippen molar-refractivity contribution in [2.75, 3.05) is 0 Å². The summed E-state index contributed by atoms with van der Waals surface area (Å²) in [6.07, 6.45) is 3.22. The zero-order valence-corrected chi connectivity index (χ0v) is 10.6. The van der Waals surface area contributed by atoms with Gasteiger partial charge in [-0.05, 0) is 29.8 Å². The number of fused-ring (bicyclic) bond motifs is 1. The number of aromatic nitrogens is 2. The van der Waals surface area contributed by atoms with Crippen molar-refractivity contribution in [3.63, 3.8) is 0 Å². The second-order valence-electron chi connectivity index (χ2n) is 4.43. The molecule has 0 radical (unpaired) electrons. The van der Waals surface area contributed by atoms with Gasteiger partial charge in [0.15, 0.2) is 0 Å². The van der Waals surface area contributed by atoms with Gasteiger partial charge in [-0.15, -0.1) is 0 Å². The number of hydrogen-bond donors (Lipinski definition) is 2. The summed E-state index contributed by atoms with van der Waals surface area (Å²) in [5.74, 6) is 5.17. The quantitative estimate of drug-likeness (QED) is 0.565. The standard InChI is InChI=1S/C15H13FN4/c16-12-5-3-7-18-15(12)14(20-17)11-8-10-4-1-2-6-13(10)19-9-11/h1-9,14,20H,17H2. The van der Waals surface area contributed by atoms with E-state index in [9.17, 15) is 4.39 Å². The maximum atomic E-state index is 13.8. The van der Waals surface area contributed by atoms with Crippen molar-refractivity contribution in [3.8, 4) is 0 Å². The molecule has 0 aliphatic heterocycles. The third kappa shape index (κ3) is 2.24. The van der Waals surface area contributed by atoms with Crippen LogP contribution in [0.2, 0.25) is 0 Å². The highest BCUT2D eigenvalue weighted by Gasteiger charge is 2.18. The Bertz CT molecular complexity index is 745. The average Bonchev–Trinajstić information content (AvgIpc) is 2.50. The van der Waals surface area contributed by atoms with Crippen LogP contribution < -0.4 is 11.3 Å². The highest BCUT2D eigenvalue weighted by molar-refractivity contribution is 5.78. The fourth-order valence-electron chi connectivity index (χ4n) is 2.19. The Morgan fingerprint density at radius 1 is 1.10 bits per heavy atom. The zero-order chi connectivity index (χ0) is 13.9. The van der Waals surface area contributed by atoms with Gasteiger partial charge in [0.25, 0.3) is 0 Å². The van der Waals surface area contributed by atoms with Gasteiger partial charge in [-0.2, -0.15) is 0 Å². The van der Waals surface area contributed by atoms with Crippen LogP contribution in [0, 0.1) is 5.82 Å². The molecular formula is C15H13FN4. The zero-order valence-electron chi connectivity index (χ0n) is 10.6. The summed E-state index contributed by atoms with van der Waals surface area (Å²) in [5.41, 5.74) is 4.50. The van der Waals surface area contributed by atoms with E-state index in [1.807, 2.05) is 30.3 Å². The molecule has 4 nitrogen and oxygen atoms in total. The lowest BCUT2D eigenvalue weighted by atomic mass is 10.0. The molecule has 0 saturated heterocycles. The lowest BCUT2D eigenvalue weighted by Crippen LogP contribution is -2.30. The number of nitrogens with one attached hydrogen (secondary N) is 1. The maximum absolute atomic E-state index is 13.8. The van der Waals surface area contributed by atoms with Crippen molar-refractivity contribution in [2.45, 2.75) is 6.04 Å². The van der Waals surface area contributed by atoms with Crippen molar-refractivity contribution in [1.82, 2.24) is 15.4 Å². The molecule has 1 unspecified atom stereocenters. The predicted molar refractivity (Wildman–Crippen MR) is 75.1 cm³/mol. The number of benzene rings is 1. The first kappa shape index (κ1) is 12.7. The first-order chi connectivity index (χ1) is 9.79. The molecule has 0 aliphatic carbocycles. The van der Waals surface area contributed by atoms with E-state index in [1.54, 1.807) is 12.3 Å². The van der Waals surface area contributed by atoms with E-state index in [0.717, 1.165) is 16.5 Å². The van der Waals surface area contributed by atoms with Gasteiger partial charge in [-0.1, -0.05) is 18.2 Å². The number of hydrazine groups is 1. The summed E-state index contributed by atoms with van der Waals surface area (Å²) in [6, 6.07) is 12.0. The van der Waals surface area contributed by atoms with Gasteiger partial charge in [0, 0.05) is 17.8 Å². The summed E-state index contributed by atoms with van der Waals surface area (Å²) >= 11 is 0. The molecule has 1 atom stereocenters. The Hall–Kier alpha value is -2.37. The fraction of sp³-hybridized carbons (Fsp3) is 0.0667. The molecule has 0 saturated carbocycles. The normalized spacial score (nSPS) is 12.5. The minimum Gasteiger partial charge on any atom is -0.271 e. The summed E-state index contributed by atoms with van der Waals surface area (Å²) < 4.78 is 13.8. The molecule has 0 amide bonds. The second-order valence-corrected chi connectivity index (χ2v) is 4.43. The monoisotopic (exact) mass is 268 g/mol. The third-order valence-corrected chi connectivity index (χ3v) is 3.17. The van der Waals surface area contributed by atoms with Crippen LogP contribution in [0.15, 0.2) is 54.9 Å². The Morgan fingerprint density at radius 2 is 1.95 bits per heavy atom. The number of nitrogens with two attached hydrogens (primary N) is 1. The smallest absolute Gasteiger partial charge is 0.146 e. The molecule has 0 spiro atoms. The minimum absolute atomic E-state index is 0.257. The molecule has 3 aromatic rings. The summed E-state index contributed by atoms with van der Waals surface area (Å²) in [7, 11) is 0. The molecule has 2 aromatic heterocycles. The van der Waals surface area contributed by atoms with E-state index in [-0.39, 0.29) is 5.69 Å². The highest BCUT2D eigenvalue weighted by Crippen LogP contribution is 2.23. The number of pyridine rings is 2. The molecular weight excluding hydrogens is 255 g/mol. The molecule has 0 fully saturated rings. The number of rotatable bonds is 3. The van der Waals surface area contributed by atoms with Crippen LogP contribution in [0.3, 0.4) is 0 Å². The van der Waals surface area contributed by atoms with Crippen molar-refractivity contribution >= 4 is 10.9 Å². The Kier molecular flexibility index (Phi) is 3.37. The van der Waals surface area contributed by atoms with Crippen molar-refractivity contribution in [2.24, 2.45) is 5.84 Å². The van der Waals surface area contributed by atoms with Crippen molar-refractivity contribution < 1.29 is 4.39 Å². The van der Waals surface area contributed by atoms with Crippen LogP contribution >= 0.6 is 0 Å². The van der Waals surface area contributed by atoms with E-state index in [0.29, 0.717) is 0 Å². The number of hydrogen-bond acceptors (Lipinski definition) is 4. The van der Waals surface area contributed by atoms with Gasteiger partial charge < -0.3 is 0 Å². The molecule has 0 aliphatic rings. The van der Waals surface area contributed by atoms with Gasteiger partial charge in [0.1, 0.15) is 5.82 Å². The molecule has 5 heteroatoms. The lowest BCUT2D eigenvalue weighted by Gasteiger charge is -2.16. The number of para-hydroxylation sites is 1. The van der Waals surface area contributed by atoms with Crippen LogP contribution in [-0.4, -0.2) is 9.97 Å². The summed E-state index contributed by atoms with van der Waals surface area (Å²) in [5, 5.41) is 0.974. The minimum atomic E-state index is -0.534. The topological polar surface area (TPSA) is 63.8 Å². The van der Waals surface area contributed by atoms with Crippen LogP contribution in [0.5, 0.6) is 0 Å². The van der Waals surface area contributed by atoms with E-state index in [4.69, 9.17) is 5.84 Å². The molecule has 0 bridgehead atoms. The number of nitrogens with zero attached hydrogens (tertiary/aromatic N) is 2. The van der Waals surface area contributed by atoms with Crippen molar-refractivity contribution in [3.05, 3.63) is 71.9 Å². The summed E-state index contributed by atoms with van der Waals surface area (Å²) in [4.78, 5) is 8.42. The number of halogens is 1. The predicted octanol–water partition coefficient (Wildman–Crippen LogP) is 2.32. The third-order valence-electron chi connectivity index (χ3n) is 3.17. The van der Waals surface area contributed by atoms with E-state index < -0.39 is 11.9 Å². The first-order valence-corrected chi connectivity index (χ1v) is 6.21. The van der Waals surface area contributed by atoms with Gasteiger partial charge in [0.2, 0.25) is 0 Å². The van der Waals surface area contributed by atoms with Gasteiger partial charge in [-0.25, -0.2) is 9.82 Å². The molecule has 3 N–H and O–H groups in total. The molecule has 20 heavy (non-hydrogen) atoms. The first-order valence-electron chi connectivity index (χ1n) is 6.21. The van der Waals surface area contributed by atoms with Crippen LogP contribution in [0.4, 0.5) is 4.39 Å². The Balaban J connectivity index is 2.10. The molecule has 1 aromatic carbocycles. The highest BCUT2D eigenvalue weighted by atomic mass is 19.1. The van der Waals surface area contributed by atoms with Gasteiger partial charge in [0.05, 0.1) is 17.3 Å². The summed E-state index contributed by atoms with van der Waals surface area (Å²) in [6.45, 7) is 0. The lowest BCUT2D eigenvalue weighted by molar-refractivity contribution is 0.543. The van der Waals surface area contributed by atoms with Crippen molar-refractivity contribution in [1.29, 1.82) is 0 Å². The Morgan fingerprint density at radius 3 is 2.75 bits per heavy atom. The van der Waals surface area contributed by atoms with Crippen LogP contribution in [-0.2, 0) is 0 Å². The van der Waals surface area contributed by atoms with E-state index in [1.165, 1.54) is 12.3 Å². The van der Waals surface area contributed by atoms with E-state index >= 15 is 0 Å². The molecule has 3 rings (SSSR count). The fourth-order valence-corrected chi connectivity index (χ4v) is 2.19. The van der Waals surface area contributed by atoms with Gasteiger partial charge >= 0.3 is 0 Å². The molecule has 2 heterocycles. The van der Waals surface area contributed by atoms with E-state index in [2.05, 4.69) is 15.4 Å². The van der Waals surface area contributed by atoms with Crippen LogP contribution in [0.25, 0.3) is 10.9 Å². The second kappa shape index (κ2) is 5.32. The average molecular weight is 268 g/mol. The van der Waals surface area contributed by atoms with Gasteiger partial charge in [-0.3, -0.25) is 15.8 Å². The van der Waals surface area contributed by atoms with Crippen LogP contribution in [0.1, 0.15) is 17.3 Å². The largest absolute Gasteiger partial charge is 0.271 e. The molecule has 100 valence electrons. The SMILES string of the molecule is NNC(c1cnc2ccccc2c1)c1ncccc1F. The Labute approximate surface area is 115 Å².